The van der Waals surface area contributed by atoms with Gasteiger partial charge in [-0.3, -0.25) is 0 Å². The number of alkyl halides is 2. The molecule has 8 heteroatoms. The van der Waals surface area contributed by atoms with E-state index in [9.17, 15) is 8.78 Å². The summed E-state index contributed by atoms with van der Waals surface area (Å²) in [6.45, 7) is 6.69. The van der Waals surface area contributed by atoms with Crippen LogP contribution in [-0.4, -0.2) is 50.2 Å². The molecule has 1 aliphatic heterocycles. The molecule has 5 nitrogen and oxygen atoms in total. The number of benzene rings is 1. The molecule has 1 atom stereocenters. The van der Waals surface area contributed by atoms with E-state index in [4.69, 9.17) is 0 Å². The molecular weight excluding hydrogens is 465 g/mol. The summed E-state index contributed by atoms with van der Waals surface area (Å²) in [5.74, 6) is 1.36. The average molecular weight is 496 g/mol. The van der Waals surface area contributed by atoms with Crippen LogP contribution in [0.4, 0.5) is 8.78 Å². The third-order valence-corrected chi connectivity index (χ3v) is 4.33. The summed E-state index contributed by atoms with van der Waals surface area (Å²) in [6, 6.07) is 6.76. The van der Waals surface area contributed by atoms with Crippen molar-refractivity contribution in [2.45, 2.75) is 39.8 Å². The van der Waals surface area contributed by atoms with Crippen LogP contribution in [0.3, 0.4) is 0 Å². The number of nitrogens with one attached hydrogen (secondary N) is 2. The Bertz CT molecular complexity index is 568. The number of para-hydroxylation sites is 1. The van der Waals surface area contributed by atoms with E-state index in [1.165, 1.54) is 32.0 Å². The van der Waals surface area contributed by atoms with Crippen molar-refractivity contribution in [1.82, 2.24) is 15.5 Å². The maximum Gasteiger partial charge on any atom is 0.387 e. The van der Waals surface area contributed by atoms with Gasteiger partial charge in [-0.2, -0.15) is 8.78 Å². The maximum absolute atomic E-state index is 12.5. The lowest BCUT2D eigenvalue weighted by Crippen LogP contribution is -2.41. The van der Waals surface area contributed by atoms with E-state index in [0.29, 0.717) is 17.4 Å². The number of likely N-dealkylation sites (tertiary alicyclic amines) is 1. The fourth-order valence-corrected chi connectivity index (χ4v) is 3.09. The molecule has 0 saturated carbocycles. The first-order valence-electron chi connectivity index (χ1n) is 9.35. The SMILES string of the molecule is CCNC(=NCc1ccccc1OC(F)F)NCC(C)CN1CCCC1.I. The molecule has 0 spiro atoms. The van der Waals surface area contributed by atoms with E-state index in [2.05, 4.69) is 32.2 Å². The number of halogens is 3. The monoisotopic (exact) mass is 496 g/mol. The predicted octanol–water partition coefficient (Wildman–Crippen LogP) is 3.69. The molecule has 0 aromatic heterocycles. The lowest BCUT2D eigenvalue weighted by atomic mass is 10.1. The van der Waals surface area contributed by atoms with Gasteiger partial charge in [-0.25, -0.2) is 4.99 Å². The second kappa shape index (κ2) is 13.1. The molecule has 1 aromatic rings. The third kappa shape index (κ3) is 9.05. The van der Waals surface area contributed by atoms with Crippen LogP contribution in [-0.2, 0) is 6.54 Å². The molecule has 2 N–H and O–H groups in total. The summed E-state index contributed by atoms with van der Waals surface area (Å²) in [7, 11) is 0. The fourth-order valence-electron chi connectivity index (χ4n) is 3.09. The highest BCUT2D eigenvalue weighted by atomic mass is 127. The lowest BCUT2D eigenvalue weighted by molar-refractivity contribution is -0.0504. The zero-order valence-electron chi connectivity index (χ0n) is 16.1. The zero-order valence-corrected chi connectivity index (χ0v) is 18.4. The largest absolute Gasteiger partial charge is 0.434 e. The van der Waals surface area contributed by atoms with Crippen LogP contribution < -0.4 is 15.4 Å². The third-order valence-electron chi connectivity index (χ3n) is 4.33. The first kappa shape index (κ1) is 23.9. The van der Waals surface area contributed by atoms with E-state index in [-0.39, 0.29) is 36.3 Å². The molecule has 1 unspecified atom stereocenters. The first-order valence-corrected chi connectivity index (χ1v) is 9.35. The van der Waals surface area contributed by atoms with Crippen LogP contribution in [0.25, 0.3) is 0 Å². The van der Waals surface area contributed by atoms with Crippen molar-refractivity contribution in [2.24, 2.45) is 10.9 Å². The van der Waals surface area contributed by atoms with Gasteiger partial charge in [0.25, 0.3) is 0 Å². The summed E-state index contributed by atoms with van der Waals surface area (Å²) in [4.78, 5) is 7.01. The van der Waals surface area contributed by atoms with Gasteiger partial charge in [0.15, 0.2) is 5.96 Å². The Balaban J connectivity index is 0.00000364. The molecule has 1 heterocycles. The van der Waals surface area contributed by atoms with Gasteiger partial charge >= 0.3 is 6.61 Å². The second-order valence-corrected chi connectivity index (χ2v) is 6.68. The van der Waals surface area contributed by atoms with Gasteiger partial charge in [0.2, 0.25) is 0 Å². The Morgan fingerprint density at radius 3 is 2.59 bits per heavy atom. The minimum Gasteiger partial charge on any atom is -0.434 e. The number of hydrogen-bond acceptors (Lipinski definition) is 3. The Labute approximate surface area is 178 Å². The van der Waals surface area contributed by atoms with E-state index < -0.39 is 6.61 Å². The van der Waals surface area contributed by atoms with Crippen molar-refractivity contribution in [3.05, 3.63) is 29.8 Å². The molecule has 1 fully saturated rings. The number of ether oxygens (including phenoxy) is 1. The molecular formula is C19H31F2IN4O. The van der Waals surface area contributed by atoms with Gasteiger partial charge in [-0.15, -0.1) is 24.0 Å². The number of hydrogen-bond donors (Lipinski definition) is 2. The van der Waals surface area contributed by atoms with Crippen molar-refractivity contribution >= 4 is 29.9 Å². The maximum atomic E-state index is 12.5. The highest BCUT2D eigenvalue weighted by molar-refractivity contribution is 14.0. The van der Waals surface area contributed by atoms with Crippen molar-refractivity contribution in [1.29, 1.82) is 0 Å². The van der Waals surface area contributed by atoms with Gasteiger partial charge in [0.05, 0.1) is 6.54 Å². The summed E-state index contributed by atoms with van der Waals surface area (Å²) in [5.41, 5.74) is 0.634. The normalized spacial score (nSPS) is 16.1. The minimum atomic E-state index is -2.84. The Hall–Kier alpha value is -1.16. The average Bonchev–Trinajstić information content (AvgIpc) is 3.11. The summed E-state index contributed by atoms with van der Waals surface area (Å²) >= 11 is 0. The van der Waals surface area contributed by atoms with E-state index in [0.717, 1.165) is 19.6 Å². The molecule has 1 aliphatic rings. The Morgan fingerprint density at radius 2 is 1.93 bits per heavy atom. The molecule has 1 aromatic carbocycles. The van der Waals surface area contributed by atoms with Crippen molar-refractivity contribution in [3.8, 4) is 5.75 Å². The van der Waals surface area contributed by atoms with E-state index in [1.54, 1.807) is 18.2 Å². The smallest absolute Gasteiger partial charge is 0.387 e. The minimum absolute atomic E-state index is 0. The standard InChI is InChI=1S/C19H30F2N4O.HI/c1-3-22-19(23-12-15(2)14-25-10-6-7-11-25)24-13-16-8-4-5-9-17(16)26-18(20)21;/h4-5,8-9,15,18H,3,6-7,10-14H2,1-2H3,(H2,22,23,24);1H. The topological polar surface area (TPSA) is 48.9 Å². The molecule has 0 aliphatic carbocycles. The first-order chi connectivity index (χ1) is 12.6. The van der Waals surface area contributed by atoms with Crippen LogP contribution in [0.15, 0.2) is 29.3 Å². The summed E-state index contributed by atoms with van der Waals surface area (Å²) in [6.07, 6.45) is 2.59. The van der Waals surface area contributed by atoms with Crippen LogP contribution in [0.5, 0.6) is 5.75 Å². The van der Waals surface area contributed by atoms with E-state index >= 15 is 0 Å². The van der Waals surface area contributed by atoms with E-state index in [1.807, 2.05) is 6.92 Å². The van der Waals surface area contributed by atoms with Gasteiger partial charge in [-0.1, -0.05) is 25.1 Å². The predicted molar refractivity (Wildman–Crippen MR) is 116 cm³/mol. The molecule has 2 rings (SSSR count). The summed E-state index contributed by atoms with van der Waals surface area (Å²) in [5, 5.41) is 6.55. The van der Waals surface area contributed by atoms with Crippen LogP contribution in [0, 0.1) is 5.92 Å². The Morgan fingerprint density at radius 1 is 1.22 bits per heavy atom. The Kier molecular flexibility index (Phi) is 11.6. The zero-order chi connectivity index (χ0) is 18.8. The lowest BCUT2D eigenvalue weighted by Gasteiger charge is -2.21. The van der Waals surface area contributed by atoms with Gasteiger partial charge < -0.3 is 20.3 Å². The van der Waals surface area contributed by atoms with Crippen LogP contribution in [0.1, 0.15) is 32.3 Å². The molecule has 0 radical (unpaired) electrons. The highest BCUT2D eigenvalue weighted by Crippen LogP contribution is 2.20. The molecule has 27 heavy (non-hydrogen) atoms. The van der Waals surface area contributed by atoms with Crippen molar-refractivity contribution in [3.63, 3.8) is 0 Å². The molecule has 1 saturated heterocycles. The number of aliphatic imine (C=N–C) groups is 1. The van der Waals surface area contributed by atoms with Crippen LogP contribution >= 0.6 is 24.0 Å². The second-order valence-electron chi connectivity index (χ2n) is 6.68. The molecule has 0 bridgehead atoms. The fraction of sp³-hybridized carbons (Fsp3) is 0.632. The van der Waals surface area contributed by atoms with Gasteiger partial charge in [0.1, 0.15) is 5.75 Å². The molecule has 0 amide bonds. The van der Waals surface area contributed by atoms with Gasteiger partial charge in [-0.05, 0) is 44.8 Å². The quantitative estimate of drug-likeness (QED) is 0.311. The summed E-state index contributed by atoms with van der Waals surface area (Å²) < 4.78 is 29.6. The molecule has 154 valence electrons. The van der Waals surface area contributed by atoms with Crippen molar-refractivity contribution in [2.75, 3.05) is 32.7 Å². The van der Waals surface area contributed by atoms with Crippen molar-refractivity contribution < 1.29 is 13.5 Å². The highest BCUT2D eigenvalue weighted by Gasteiger charge is 2.15. The number of rotatable bonds is 9. The van der Waals surface area contributed by atoms with Gasteiger partial charge in [0, 0.05) is 25.2 Å². The number of guanidine groups is 1. The number of nitrogens with zero attached hydrogens (tertiary/aromatic N) is 2. The van der Waals surface area contributed by atoms with Crippen LogP contribution in [0.2, 0.25) is 0 Å².